The summed E-state index contributed by atoms with van der Waals surface area (Å²) >= 11 is 3.46. The fourth-order valence-corrected chi connectivity index (χ4v) is 2.29. The first-order valence-electron chi connectivity index (χ1n) is 5.05. The van der Waals surface area contributed by atoms with Crippen LogP contribution in [0.4, 0.5) is 5.69 Å². The predicted molar refractivity (Wildman–Crippen MR) is 63.1 cm³/mol. The molecule has 2 rings (SSSR count). The van der Waals surface area contributed by atoms with Crippen LogP contribution in [-0.2, 0) is 0 Å². The average molecular weight is 255 g/mol. The van der Waals surface area contributed by atoms with Gasteiger partial charge in [0.05, 0.1) is 0 Å². The molecule has 0 bridgehead atoms. The molecule has 2 nitrogen and oxygen atoms in total. The van der Waals surface area contributed by atoms with Gasteiger partial charge >= 0.3 is 0 Å². The van der Waals surface area contributed by atoms with Crippen molar-refractivity contribution in [2.24, 2.45) is 0 Å². The molecule has 1 aromatic rings. The second kappa shape index (κ2) is 4.32. The second-order valence-electron chi connectivity index (χ2n) is 3.78. The zero-order chi connectivity index (χ0) is 9.97. The number of nitrogens with two attached hydrogens (primary N) is 1. The number of hydrogen-bond donors (Lipinski definition) is 2. The average Bonchev–Trinajstić information content (AvgIpc) is 2.23. The first-order chi connectivity index (χ1) is 6.77. The number of piperidine rings is 1. The number of halogens is 1. The van der Waals surface area contributed by atoms with Crippen molar-refractivity contribution >= 4 is 21.6 Å². The molecule has 1 unspecified atom stereocenters. The highest BCUT2D eigenvalue weighted by Crippen LogP contribution is 2.28. The van der Waals surface area contributed by atoms with Gasteiger partial charge in [0, 0.05) is 16.2 Å². The summed E-state index contributed by atoms with van der Waals surface area (Å²) in [4.78, 5) is 0. The molecule has 1 atom stereocenters. The van der Waals surface area contributed by atoms with E-state index in [4.69, 9.17) is 5.73 Å². The molecular formula is C11H15BrN2. The largest absolute Gasteiger partial charge is 0.398 e. The lowest BCUT2D eigenvalue weighted by atomic mass is 9.97. The normalized spacial score (nSPS) is 22.2. The van der Waals surface area contributed by atoms with E-state index in [2.05, 4.69) is 33.4 Å². The molecule has 14 heavy (non-hydrogen) atoms. The first-order valence-corrected chi connectivity index (χ1v) is 5.85. The Kier molecular flexibility index (Phi) is 3.08. The summed E-state index contributed by atoms with van der Waals surface area (Å²) in [5.41, 5.74) is 7.90. The van der Waals surface area contributed by atoms with Gasteiger partial charge < -0.3 is 11.1 Å². The van der Waals surface area contributed by atoms with E-state index in [9.17, 15) is 0 Å². The van der Waals surface area contributed by atoms with E-state index in [0.29, 0.717) is 6.04 Å². The van der Waals surface area contributed by atoms with Gasteiger partial charge in [-0.05, 0) is 53.0 Å². The molecule has 0 aliphatic carbocycles. The number of anilines is 1. The van der Waals surface area contributed by atoms with Crippen LogP contribution in [0.3, 0.4) is 0 Å². The van der Waals surface area contributed by atoms with E-state index in [0.717, 1.165) is 16.7 Å². The van der Waals surface area contributed by atoms with Crippen molar-refractivity contribution < 1.29 is 0 Å². The van der Waals surface area contributed by atoms with Gasteiger partial charge in [0.2, 0.25) is 0 Å². The fraction of sp³-hybridized carbons (Fsp3) is 0.455. The Labute approximate surface area is 93.0 Å². The molecule has 1 fully saturated rings. The van der Waals surface area contributed by atoms with Crippen LogP contribution in [0.2, 0.25) is 0 Å². The third-order valence-corrected chi connectivity index (χ3v) is 3.42. The Morgan fingerprint density at radius 3 is 2.86 bits per heavy atom. The molecule has 3 heteroatoms. The molecule has 1 saturated heterocycles. The number of nitrogen functional groups attached to an aromatic ring is 1. The first kappa shape index (κ1) is 9.99. The number of benzene rings is 1. The lowest BCUT2D eigenvalue weighted by Crippen LogP contribution is -2.26. The SMILES string of the molecule is Nc1ccc(C2CCCCN2)cc1Br. The van der Waals surface area contributed by atoms with E-state index in [1.54, 1.807) is 0 Å². The van der Waals surface area contributed by atoms with Crippen LogP contribution >= 0.6 is 15.9 Å². The third-order valence-electron chi connectivity index (χ3n) is 2.74. The van der Waals surface area contributed by atoms with Gasteiger partial charge in [0.25, 0.3) is 0 Å². The summed E-state index contributed by atoms with van der Waals surface area (Å²) in [6, 6.07) is 6.72. The molecule has 0 amide bonds. The van der Waals surface area contributed by atoms with Crippen LogP contribution in [0.15, 0.2) is 22.7 Å². The number of hydrogen-bond acceptors (Lipinski definition) is 2. The summed E-state index contributed by atoms with van der Waals surface area (Å²) < 4.78 is 1.00. The van der Waals surface area contributed by atoms with E-state index in [1.165, 1.54) is 24.8 Å². The van der Waals surface area contributed by atoms with Crippen LogP contribution in [0, 0.1) is 0 Å². The molecule has 76 valence electrons. The minimum absolute atomic E-state index is 0.514. The zero-order valence-corrected chi connectivity index (χ0v) is 9.68. The van der Waals surface area contributed by atoms with Crippen LogP contribution in [-0.4, -0.2) is 6.54 Å². The van der Waals surface area contributed by atoms with Crippen molar-refractivity contribution in [3.8, 4) is 0 Å². The van der Waals surface area contributed by atoms with Gasteiger partial charge in [-0.15, -0.1) is 0 Å². The van der Waals surface area contributed by atoms with Gasteiger partial charge in [0.1, 0.15) is 0 Å². The highest BCUT2D eigenvalue weighted by molar-refractivity contribution is 9.10. The summed E-state index contributed by atoms with van der Waals surface area (Å²) in [5, 5.41) is 3.52. The highest BCUT2D eigenvalue weighted by Gasteiger charge is 2.14. The van der Waals surface area contributed by atoms with Crippen molar-refractivity contribution in [2.75, 3.05) is 12.3 Å². The van der Waals surface area contributed by atoms with Gasteiger partial charge in [-0.3, -0.25) is 0 Å². The number of rotatable bonds is 1. The molecular weight excluding hydrogens is 240 g/mol. The van der Waals surface area contributed by atoms with E-state index < -0.39 is 0 Å². The van der Waals surface area contributed by atoms with Gasteiger partial charge in [0.15, 0.2) is 0 Å². The maximum atomic E-state index is 5.75. The van der Waals surface area contributed by atoms with Crippen LogP contribution in [0.1, 0.15) is 30.9 Å². The van der Waals surface area contributed by atoms with Crippen molar-refractivity contribution in [2.45, 2.75) is 25.3 Å². The maximum Gasteiger partial charge on any atom is 0.0458 e. The van der Waals surface area contributed by atoms with Crippen LogP contribution in [0.5, 0.6) is 0 Å². The molecule has 3 N–H and O–H groups in total. The standard InChI is InChI=1S/C11H15BrN2/c12-9-7-8(4-5-10(9)13)11-3-1-2-6-14-11/h4-5,7,11,14H,1-3,6,13H2. The molecule has 1 aliphatic heterocycles. The topological polar surface area (TPSA) is 38.0 Å². The molecule has 0 spiro atoms. The molecule has 0 aromatic heterocycles. The second-order valence-corrected chi connectivity index (χ2v) is 4.64. The lowest BCUT2D eigenvalue weighted by molar-refractivity contribution is 0.412. The predicted octanol–water partition coefficient (Wildman–Crippen LogP) is 2.85. The van der Waals surface area contributed by atoms with Gasteiger partial charge in [-0.1, -0.05) is 12.5 Å². The summed E-state index contributed by atoms with van der Waals surface area (Å²) in [5.74, 6) is 0. The minimum atomic E-state index is 0.514. The van der Waals surface area contributed by atoms with Crippen LogP contribution in [0.25, 0.3) is 0 Å². The van der Waals surface area contributed by atoms with Crippen LogP contribution < -0.4 is 11.1 Å². The minimum Gasteiger partial charge on any atom is -0.398 e. The van der Waals surface area contributed by atoms with Crippen molar-refractivity contribution in [3.63, 3.8) is 0 Å². The van der Waals surface area contributed by atoms with E-state index in [-0.39, 0.29) is 0 Å². The monoisotopic (exact) mass is 254 g/mol. The molecule has 1 heterocycles. The summed E-state index contributed by atoms with van der Waals surface area (Å²) in [6.45, 7) is 1.13. The fourth-order valence-electron chi connectivity index (χ4n) is 1.90. The molecule has 1 aliphatic rings. The Hall–Kier alpha value is -0.540. The molecule has 0 radical (unpaired) electrons. The Balaban J connectivity index is 2.18. The lowest BCUT2D eigenvalue weighted by Gasteiger charge is -2.24. The molecule has 1 aromatic carbocycles. The smallest absolute Gasteiger partial charge is 0.0458 e. The van der Waals surface area contributed by atoms with E-state index in [1.807, 2.05) is 6.07 Å². The maximum absolute atomic E-state index is 5.75. The van der Waals surface area contributed by atoms with Gasteiger partial charge in [-0.2, -0.15) is 0 Å². The quantitative estimate of drug-likeness (QED) is 0.757. The summed E-state index contributed by atoms with van der Waals surface area (Å²) in [7, 11) is 0. The molecule has 0 saturated carbocycles. The summed E-state index contributed by atoms with van der Waals surface area (Å²) in [6.07, 6.45) is 3.85. The third kappa shape index (κ3) is 2.10. The van der Waals surface area contributed by atoms with Crippen molar-refractivity contribution in [1.82, 2.24) is 5.32 Å². The van der Waals surface area contributed by atoms with Crippen molar-refractivity contribution in [1.29, 1.82) is 0 Å². The zero-order valence-electron chi connectivity index (χ0n) is 8.09. The Morgan fingerprint density at radius 1 is 1.36 bits per heavy atom. The highest BCUT2D eigenvalue weighted by atomic mass is 79.9. The Morgan fingerprint density at radius 2 is 2.21 bits per heavy atom. The van der Waals surface area contributed by atoms with Gasteiger partial charge in [-0.25, -0.2) is 0 Å². The Bertz CT molecular complexity index is 319. The van der Waals surface area contributed by atoms with Crippen molar-refractivity contribution in [3.05, 3.63) is 28.2 Å². The number of nitrogens with one attached hydrogen (secondary N) is 1. The van der Waals surface area contributed by atoms with E-state index >= 15 is 0 Å².